The van der Waals surface area contributed by atoms with Crippen molar-refractivity contribution in [1.29, 1.82) is 0 Å². The smallest absolute Gasteiger partial charge is 0.487 e. The van der Waals surface area contributed by atoms with Gasteiger partial charge in [0.15, 0.2) is 0 Å². The van der Waals surface area contributed by atoms with E-state index in [0.717, 1.165) is 17.8 Å². The van der Waals surface area contributed by atoms with E-state index >= 15 is 0 Å². The third kappa shape index (κ3) is 5.71. The average molecular weight is 394 g/mol. The number of nitrogens with zero attached hydrogens (tertiary/aromatic N) is 1. The largest absolute Gasteiger partial charge is 0.573 e. The van der Waals surface area contributed by atoms with E-state index in [-0.39, 0.29) is 12.3 Å². The van der Waals surface area contributed by atoms with E-state index in [1.807, 2.05) is 5.38 Å². The Kier molecular flexibility index (Phi) is 5.60. The monoisotopic (exact) mass is 394 g/mol. The molecule has 9 heteroatoms. The molecule has 1 heterocycles. The highest BCUT2D eigenvalue weighted by molar-refractivity contribution is 7.07. The molecule has 0 saturated heterocycles. The topological polar surface area (TPSA) is 60.5 Å². The fourth-order valence-electron chi connectivity index (χ4n) is 2.17. The van der Waals surface area contributed by atoms with Crippen molar-refractivity contribution in [1.82, 2.24) is 4.98 Å². The Morgan fingerprint density at radius 3 is 2.63 bits per heavy atom. The SMILES string of the molecule is O=C(Nc1cccc(OC(F)(F)F)c1)c1cccc(OCc2cscn2)c1. The second-order valence-corrected chi connectivity index (χ2v) is 6.04. The fourth-order valence-corrected chi connectivity index (χ4v) is 2.71. The van der Waals surface area contributed by atoms with E-state index in [2.05, 4.69) is 15.0 Å². The van der Waals surface area contributed by atoms with Gasteiger partial charge in [-0.2, -0.15) is 0 Å². The van der Waals surface area contributed by atoms with Crippen molar-refractivity contribution in [3.8, 4) is 11.5 Å². The van der Waals surface area contributed by atoms with Crippen molar-refractivity contribution >= 4 is 22.9 Å². The Hall–Kier alpha value is -3.07. The first-order valence-electron chi connectivity index (χ1n) is 7.66. The molecule has 0 saturated carbocycles. The highest BCUT2D eigenvalue weighted by atomic mass is 32.1. The maximum absolute atomic E-state index is 12.4. The molecule has 0 aliphatic rings. The van der Waals surface area contributed by atoms with Gasteiger partial charge >= 0.3 is 6.36 Å². The lowest BCUT2D eigenvalue weighted by Gasteiger charge is -2.11. The number of benzene rings is 2. The molecule has 5 nitrogen and oxygen atoms in total. The first-order valence-corrected chi connectivity index (χ1v) is 8.60. The molecule has 27 heavy (non-hydrogen) atoms. The summed E-state index contributed by atoms with van der Waals surface area (Å²) in [5.41, 5.74) is 2.94. The Morgan fingerprint density at radius 2 is 1.89 bits per heavy atom. The third-order valence-electron chi connectivity index (χ3n) is 3.29. The van der Waals surface area contributed by atoms with E-state index in [0.29, 0.717) is 11.3 Å². The van der Waals surface area contributed by atoms with Crippen LogP contribution in [0, 0.1) is 0 Å². The summed E-state index contributed by atoms with van der Waals surface area (Å²) in [5, 5.41) is 4.38. The summed E-state index contributed by atoms with van der Waals surface area (Å²) in [5.74, 6) is -0.427. The number of anilines is 1. The van der Waals surface area contributed by atoms with Gasteiger partial charge in [-0.15, -0.1) is 24.5 Å². The normalized spacial score (nSPS) is 11.1. The van der Waals surface area contributed by atoms with Gasteiger partial charge < -0.3 is 14.8 Å². The first-order chi connectivity index (χ1) is 12.9. The van der Waals surface area contributed by atoms with Crippen LogP contribution in [0.25, 0.3) is 0 Å². The van der Waals surface area contributed by atoms with E-state index in [1.54, 1.807) is 23.7 Å². The van der Waals surface area contributed by atoms with Crippen LogP contribution in [-0.4, -0.2) is 17.3 Å². The number of aromatic nitrogens is 1. The van der Waals surface area contributed by atoms with Crippen LogP contribution < -0.4 is 14.8 Å². The molecule has 3 aromatic rings. The quantitative estimate of drug-likeness (QED) is 0.648. The first kappa shape index (κ1) is 18.7. The van der Waals surface area contributed by atoms with E-state index in [4.69, 9.17) is 4.74 Å². The number of hydrogen-bond acceptors (Lipinski definition) is 5. The van der Waals surface area contributed by atoms with E-state index in [1.165, 1.54) is 29.5 Å². The van der Waals surface area contributed by atoms with Gasteiger partial charge in [0.1, 0.15) is 18.1 Å². The van der Waals surface area contributed by atoms with Crippen LogP contribution in [0.2, 0.25) is 0 Å². The van der Waals surface area contributed by atoms with Gasteiger partial charge in [-0.25, -0.2) is 4.98 Å². The fraction of sp³-hybridized carbons (Fsp3) is 0.111. The number of carbonyl (C=O) groups is 1. The molecule has 0 radical (unpaired) electrons. The van der Waals surface area contributed by atoms with Crippen molar-refractivity contribution < 1.29 is 27.4 Å². The number of alkyl halides is 3. The van der Waals surface area contributed by atoms with Crippen molar-refractivity contribution in [3.63, 3.8) is 0 Å². The molecule has 140 valence electrons. The molecule has 0 unspecified atom stereocenters. The Labute approximate surface area is 156 Å². The van der Waals surface area contributed by atoms with Gasteiger partial charge in [-0.05, 0) is 30.3 Å². The molecule has 0 spiro atoms. The lowest BCUT2D eigenvalue weighted by molar-refractivity contribution is -0.274. The van der Waals surface area contributed by atoms with Crippen LogP contribution >= 0.6 is 11.3 Å². The average Bonchev–Trinajstić information content (AvgIpc) is 3.12. The summed E-state index contributed by atoms with van der Waals surface area (Å²) >= 11 is 1.45. The van der Waals surface area contributed by atoms with Crippen LogP contribution in [-0.2, 0) is 6.61 Å². The molecule has 2 aromatic carbocycles. The molecule has 0 atom stereocenters. The summed E-state index contributed by atoms with van der Waals surface area (Å²) in [6.45, 7) is 0.269. The number of amides is 1. The van der Waals surface area contributed by atoms with Crippen LogP contribution in [0.3, 0.4) is 0 Å². The molecule has 1 aromatic heterocycles. The highest BCUT2D eigenvalue weighted by Crippen LogP contribution is 2.25. The summed E-state index contributed by atoms with van der Waals surface area (Å²) < 4.78 is 46.3. The summed E-state index contributed by atoms with van der Waals surface area (Å²) in [4.78, 5) is 16.5. The van der Waals surface area contributed by atoms with Gasteiger partial charge in [0.25, 0.3) is 5.91 Å². The van der Waals surface area contributed by atoms with E-state index < -0.39 is 18.0 Å². The number of thiazole rings is 1. The number of hydrogen-bond donors (Lipinski definition) is 1. The molecule has 0 aliphatic carbocycles. The predicted octanol–water partition coefficient (Wildman–Crippen LogP) is 4.87. The van der Waals surface area contributed by atoms with Crippen LogP contribution in [0.5, 0.6) is 11.5 Å². The molecule has 0 fully saturated rings. The van der Waals surface area contributed by atoms with Crippen LogP contribution in [0.4, 0.5) is 18.9 Å². The van der Waals surface area contributed by atoms with Crippen molar-refractivity contribution in [2.24, 2.45) is 0 Å². The molecular formula is C18H13F3N2O3S. The van der Waals surface area contributed by atoms with Gasteiger partial charge in [0, 0.05) is 22.7 Å². The highest BCUT2D eigenvalue weighted by Gasteiger charge is 2.31. The van der Waals surface area contributed by atoms with Crippen molar-refractivity contribution in [2.45, 2.75) is 13.0 Å². The lowest BCUT2D eigenvalue weighted by Crippen LogP contribution is -2.17. The minimum atomic E-state index is -4.80. The maximum Gasteiger partial charge on any atom is 0.573 e. The Morgan fingerprint density at radius 1 is 1.11 bits per heavy atom. The molecule has 1 N–H and O–H groups in total. The maximum atomic E-state index is 12.4. The van der Waals surface area contributed by atoms with Gasteiger partial charge in [-0.1, -0.05) is 12.1 Å². The number of carbonyl (C=O) groups excluding carboxylic acids is 1. The van der Waals surface area contributed by atoms with Crippen molar-refractivity contribution in [3.05, 3.63) is 70.7 Å². The van der Waals surface area contributed by atoms with Crippen molar-refractivity contribution in [2.75, 3.05) is 5.32 Å². The molecule has 0 bridgehead atoms. The van der Waals surface area contributed by atoms with Crippen LogP contribution in [0.15, 0.2) is 59.4 Å². The van der Waals surface area contributed by atoms with Gasteiger partial charge in [0.2, 0.25) is 0 Å². The second kappa shape index (κ2) is 8.09. The zero-order valence-corrected chi connectivity index (χ0v) is 14.5. The zero-order valence-electron chi connectivity index (χ0n) is 13.7. The minimum Gasteiger partial charge on any atom is -0.487 e. The Balaban J connectivity index is 1.65. The predicted molar refractivity (Wildman–Crippen MR) is 94.0 cm³/mol. The minimum absolute atomic E-state index is 0.176. The number of ether oxygens (including phenoxy) is 2. The Bertz CT molecular complexity index is 914. The van der Waals surface area contributed by atoms with E-state index in [9.17, 15) is 18.0 Å². The van der Waals surface area contributed by atoms with Gasteiger partial charge in [0.05, 0.1) is 11.2 Å². The number of rotatable bonds is 6. The molecule has 0 aliphatic heterocycles. The third-order valence-corrected chi connectivity index (χ3v) is 3.93. The molecule has 1 amide bonds. The standard InChI is InChI=1S/C18H13F3N2O3S/c19-18(20,21)26-16-6-2-4-13(8-16)23-17(24)12-3-1-5-15(7-12)25-9-14-10-27-11-22-14/h1-8,10-11H,9H2,(H,23,24). The van der Waals surface area contributed by atoms with Crippen LogP contribution in [0.1, 0.15) is 16.1 Å². The number of nitrogens with one attached hydrogen (secondary N) is 1. The lowest BCUT2D eigenvalue weighted by atomic mass is 10.2. The summed E-state index contributed by atoms with van der Waals surface area (Å²) in [7, 11) is 0. The molecule has 3 rings (SSSR count). The number of halogens is 3. The van der Waals surface area contributed by atoms with Gasteiger partial charge in [-0.3, -0.25) is 4.79 Å². The second-order valence-electron chi connectivity index (χ2n) is 5.33. The summed E-state index contributed by atoms with van der Waals surface area (Å²) in [6.07, 6.45) is -4.80. The molecular weight excluding hydrogens is 381 g/mol. The zero-order chi connectivity index (χ0) is 19.3. The summed E-state index contributed by atoms with van der Waals surface area (Å²) in [6, 6.07) is 11.5.